The Hall–Kier alpha value is -2.60. The Bertz CT molecular complexity index is 1280. The van der Waals surface area contributed by atoms with E-state index < -0.39 is 5.41 Å². The van der Waals surface area contributed by atoms with E-state index in [-0.39, 0.29) is 17.1 Å². The Balaban J connectivity index is 1.49. The van der Waals surface area contributed by atoms with Crippen molar-refractivity contribution in [3.63, 3.8) is 0 Å². The van der Waals surface area contributed by atoms with Crippen LogP contribution < -0.4 is 4.90 Å². The first-order chi connectivity index (χ1) is 18.8. The summed E-state index contributed by atoms with van der Waals surface area (Å²) in [6.45, 7) is 11.0. The number of piperidine rings is 1. The lowest BCUT2D eigenvalue weighted by atomic mass is 9.47. The highest BCUT2D eigenvalue weighted by molar-refractivity contribution is 5.93. The number of anilines is 1. The number of benzene rings is 1. The molecule has 3 fully saturated rings. The van der Waals surface area contributed by atoms with Crippen LogP contribution >= 0.6 is 0 Å². The van der Waals surface area contributed by atoms with Gasteiger partial charge in [0.05, 0.1) is 5.41 Å². The van der Waals surface area contributed by atoms with Gasteiger partial charge in [-0.3, -0.25) is 9.59 Å². The van der Waals surface area contributed by atoms with Gasteiger partial charge in [-0.2, -0.15) is 0 Å². The number of hydrogen-bond donors (Lipinski definition) is 0. The molecule has 1 heterocycles. The molecule has 206 valence electrons. The fraction of sp³-hybridized carbons (Fsp3) is 0.611. The molecule has 0 spiro atoms. The van der Waals surface area contributed by atoms with E-state index >= 15 is 0 Å². The van der Waals surface area contributed by atoms with Crippen molar-refractivity contribution in [1.82, 2.24) is 0 Å². The van der Waals surface area contributed by atoms with E-state index in [1.54, 1.807) is 5.57 Å². The van der Waals surface area contributed by atoms with E-state index in [2.05, 4.69) is 54.9 Å². The van der Waals surface area contributed by atoms with Crippen LogP contribution in [0.1, 0.15) is 103 Å². The standard InChI is InChI=1S/C36H45NO2/c1-5-17-36(33(39)6-2)18-16-32-30-21-24(3)29-22-27(38)14-15-28(29)34(30)31(23-35(32,36)4)25-10-12-26(13-11-25)37-19-8-7-9-20-37/h10-13,22,24,30-32H,6-9,14-16,18-21,23H2,1-4H3/t24?,30-,31?,32-,35-,36+/m0/s1. The molecule has 1 saturated heterocycles. The van der Waals surface area contributed by atoms with Crippen molar-refractivity contribution in [3.8, 4) is 11.8 Å². The molecule has 3 nitrogen and oxygen atoms in total. The summed E-state index contributed by atoms with van der Waals surface area (Å²) in [5, 5.41) is 0. The maximum absolute atomic E-state index is 13.8. The zero-order valence-corrected chi connectivity index (χ0v) is 24.4. The second kappa shape index (κ2) is 10.1. The smallest absolute Gasteiger partial charge is 0.156 e. The molecule has 39 heavy (non-hydrogen) atoms. The van der Waals surface area contributed by atoms with Crippen LogP contribution in [0.5, 0.6) is 0 Å². The van der Waals surface area contributed by atoms with Gasteiger partial charge in [-0.1, -0.05) is 44.4 Å². The summed E-state index contributed by atoms with van der Waals surface area (Å²) in [5.41, 5.74) is 6.39. The molecule has 2 unspecified atom stereocenters. The van der Waals surface area contributed by atoms with Crippen molar-refractivity contribution in [2.45, 2.75) is 97.8 Å². The molecule has 1 aliphatic heterocycles. The van der Waals surface area contributed by atoms with Crippen molar-refractivity contribution in [2.75, 3.05) is 18.0 Å². The minimum atomic E-state index is -0.550. The maximum atomic E-state index is 13.8. The van der Waals surface area contributed by atoms with Gasteiger partial charge in [0, 0.05) is 37.5 Å². The van der Waals surface area contributed by atoms with Gasteiger partial charge in [0.15, 0.2) is 11.6 Å². The van der Waals surface area contributed by atoms with Gasteiger partial charge in [-0.25, -0.2) is 0 Å². The van der Waals surface area contributed by atoms with Crippen molar-refractivity contribution in [2.24, 2.45) is 28.6 Å². The van der Waals surface area contributed by atoms with Crippen molar-refractivity contribution >= 4 is 17.3 Å². The third-order valence-electron chi connectivity index (χ3n) is 11.4. The first-order valence-electron chi connectivity index (χ1n) is 15.6. The van der Waals surface area contributed by atoms with E-state index in [9.17, 15) is 9.59 Å². The highest BCUT2D eigenvalue weighted by atomic mass is 16.1. The van der Waals surface area contributed by atoms with Crippen molar-refractivity contribution in [3.05, 3.63) is 52.6 Å². The molecular formula is C36H45NO2. The average Bonchev–Trinajstić information content (AvgIpc) is 3.26. The number of fused-ring (bicyclic) bond motifs is 4. The number of rotatable bonds is 4. The van der Waals surface area contributed by atoms with Crippen molar-refractivity contribution in [1.29, 1.82) is 0 Å². The number of ketones is 2. The molecule has 1 aromatic rings. The topological polar surface area (TPSA) is 37.4 Å². The van der Waals surface area contributed by atoms with E-state index in [1.807, 2.05) is 19.9 Å². The molecule has 5 aliphatic rings. The van der Waals surface area contributed by atoms with Crippen LogP contribution in [0.2, 0.25) is 0 Å². The Kier molecular flexibility index (Phi) is 6.89. The third-order valence-corrected chi connectivity index (χ3v) is 11.4. The normalized spacial score (nSPS) is 35.8. The minimum Gasteiger partial charge on any atom is -0.372 e. The SMILES string of the molecule is CC#C[C@]1(C(=O)CC)CC[C@H]2[C@@H]3CC(C)C4=CC(=O)CCC4=C3C(c3ccc(N4CCCCC4)cc3)C[C@@]21C. The number of nitrogens with zero attached hydrogens (tertiary/aromatic N) is 1. The fourth-order valence-corrected chi connectivity index (χ4v) is 9.60. The predicted molar refractivity (Wildman–Crippen MR) is 158 cm³/mol. The molecule has 6 atom stereocenters. The van der Waals surface area contributed by atoms with Crippen LogP contribution in [0.3, 0.4) is 0 Å². The first-order valence-corrected chi connectivity index (χ1v) is 15.6. The van der Waals surface area contributed by atoms with Gasteiger partial charge < -0.3 is 4.90 Å². The monoisotopic (exact) mass is 523 g/mol. The quantitative estimate of drug-likeness (QED) is 0.378. The van der Waals surface area contributed by atoms with Crippen LogP contribution in [-0.2, 0) is 9.59 Å². The van der Waals surface area contributed by atoms with Gasteiger partial charge in [-0.15, -0.1) is 5.92 Å². The van der Waals surface area contributed by atoms with E-state index in [0.717, 1.165) is 45.2 Å². The molecule has 4 aliphatic carbocycles. The molecule has 0 radical (unpaired) electrons. The summed E-state index contributed by atoms with van der Waals surface area (Å²) in [4.78, 5) is 28.8. The van der Waals surface area contributed by atoms with Gasteiger partial charge >= 0.3 is 0 Å². The lowest BCUT2D eigenvalue weighted by molar-refractivity contribution is -0.132. The minimum absolute atomic E-state index is 0.153. The molecule has 0 bridgehead atoms. The third kappa shape index (κ3) is 4.08. The Morgan fingerprint density at radius 3 is 2.54 bits per heavy atom. The molecule has 6 rings (SSSR count). The second-order valence-electron chi connectivity index (χ2n) is 13.3. The van der Waals surface area contributed by atoms with E-state index in [1.165, 1.54) is 41.7 Å². The highest BCUT2D eigenvalue weighted by Gasteiger charge is 2.65. The Morgan fingerprint density at radius 1 is 1.10 bits per heavy atom. The van der Waals surface area contributed by atoms with Gasteiger partial charge in [0.1, 0.15) is 0 Å². The molecule has 0 N–H and O–H groups in total. The highest BCUT2D eigenvalue weighted by Crippen LogP contribution is 2.70. The number of allylic oxidation sites excluding steroid dienone is 4. The number of Topliss-reactive ketones (excluding diaryl/α,β-unsaturated/α-hetero) is 1. The van der Waals surface area contributed by atoms with Crippen LogP contribution in [0, 0.1) is 40.4 Å². The molecule has 0 aromatic heterocycles. The zero-order valence-electron chi connectivity index (χ0n) is 24.4. The summed E-state index contributed by atoms with van der Waals surface area (Å²) in [5.74, 6) is 8.98. The van der Waals surface area contributed by atoms with Crippen LogP contribution in [-0.4, -0.2) is 24.7 Å². The summed E-state index contributed by atoms with van der Waals surface area (Å²) >= 11 is 0. The van der Waals surface area contributed by atoms with Gasteiger partial charge in [-0.05, 0) is 116 Å². The summed E-state index contributed by atoms with van der Waals surface area (Å²) in [6.07, 6.45) is 11.9. The van der Waals surface area contributed by atoms with Crippen LogP contribution in [0.4, 0.5) is 5.69 Å². The summed E-state index contributed by atoms with van der Waals surface area (Å²) in [7, 11) is 0. The fourth-order valence-electron chi connectivity index (χ4n) is 9.60. The number of hydrogen-bond acceptors (Lipinski definition) is 3. The number of carbonyl (C=O) groups excluding carboxylic acids is 2. The lowest BCUT2D eigenvalue weighted by Gasteiger charge is -2.55. The van der Waals surface area contributed by atoms with E-state index in [0.29, 0.717) is 36.4 Å². The molecule has 1 aromatic carbocycles. The second-order valence-corrected chi connectivity index (χ2v) is 13.3. The van der Waals surface area contributed by atoms with Crippen LogP contribution in [0.25, 0.3) is 0 Å². The molecular weight excluding hydrogens is 478 g/mol. The largest absolute Gasteiger partial charge is 0.372 e. The summed E-state index contributed by atoms with van der Waals surface area (Å²) in [6, 6.07) is 9.43. The average molecular weight is 524 g/mol. The van der Waals surface area contributed by atoms with Gasteiger partial charge in [0.2, 0.25) is 0 Å². The summed E-state index contributed by atoms with van der Waals surface area (Å²) < 4.78 is 0. The maximum Gasteiger partial charge on any atom is 0.156 e. The first kappa shape index (κ1) is 26.6. The number of carbonyl (C=O) groups is 2. The predicted octanol–water partition coefficient (Wildman–Crippen LogP) is 7.81. The molecule has 0 amide bonds. The zero-order chi connectivity index (χ0) is 27.4. The lowest BCUT2D eigenvalue weighted by Crippen LogP contribution is -2.51. The molecule has 3 heteroatoms. The van der Waals surface area contributed by atoms with Crippen molar-refractivity contribution < 1.29 is 9.59 Å². The molecule has 2 saturated carbocycles. The Morgan fingerprint density at radius 2 is 1.85 bits per heavy atom. The Labute approximate surface area is 235 Å². The van der Waals surface area contributed by atoms with E-state index in [4.69, 9.17) is 0 Å². The van der Waals surface area contributed by atoms with Gasteiger partial charge in [0.25, 0.3) is 0 Å². The van der Waals surface area contributed by atoms with Crippen LogP contribution in [0.15, 0.2) is 47.1 Å².